The Hall–Kier alpha value is -2.16. The van der Waals surface area contributed by atoms with Gasteiger partial charge in [0.2, 0.25) is 15.9 Å². The molecule has 0 radical (unpaired) electrons. The van der Waals surface area contributed by atoms with Crippen LogP contribution in [-0.4, -0.2) is 39.3 Å². The number of sulfonamides is 1. The molecule has 0 atom stereocenters. The van der Waals surface area contributed by atoms with Crippen molar-refractivity contribution in [1.29, 1.82) is 0 Å². The van der Waals surface area contributed by atoms with Crippen molar-refractivity contribution >= 4 is 33.2 Å². The van der Waals surface area contributed by atoms with Crippen LogP contribution in [0.2, 0.25) is 5.02 Å². The second-order valence-electron chi connectivity index (χ2n) is 5.11. The molecule has 0 saturated heterocycles. The van der Waals surface area contributed by atoms with Gasteiger partial charge in [-0.3, -0.25) is 4.79 Å². The number of likely N-dealkylation sites (N-methyl/N-ethyl adjacent to an activating group) is 1. The highest BCUT2D eigenvalue weighted by Gasteiger charge is 2.26. The van der Waals surface area contributed by atoms with Crippen molar-refractivity contribution in [1.82, 2.24) is 4.31 Å². The van der Waals surface area contributed by atoms with Crippen LogP contribution in [0.5, 0.6) is 5.75 Å². The van der Waals surface area contributed by atoms with Crippen molar-refractivity contribution in [3.63, 3.8) is 0 Å². The Labute approximate surface area is 150 Å². The van der Waals surface area contributed by atoms with E-state index in [-0.39, 0.29) is 5.02 Å². The van der Waals surface area contributed by atoms with E-state index in [1.165, 1.54) is 20.2 Å². The van der Waals surface area contributed by atoms with Gasteiger partial charge >= 0.3 is 0 Å². The molecule has 0 heterocycles. The standard InChI is InChI=1S/C16H16ClFN2O4S/c1-20(25(22,23)15-8-3-11(17)9-14(15)18)10-16(21)19-12-4-6-13(24-2)7-5-12/h3-9H,10H2,1-2H3,(H,19,21). The molecule has 6 nitrogen and oxygen atoms in total. The van der Waals surface area contributed by atoms with Gasteiger partial charge < -0.3 is 10.1 Å². The summed E-state index contributed by atoms with van der Waals surface area (Å²) in [6.45, 7) is -0.476. The summed E-state index contributed by atoms with van der Waals surface area (Å²) in [5.41, 5.74) is 0.481. The Morgan fingerprint density at radius 2 is 1.88 bits per heavy atom. The van der Waals surface area contributed by atoms with E-state index in [1.807, 2.05) is 0 Å². The maximum absolute atomic E-state index is 13.9. The fourth-order valence-corrected chi connectivity index (χ4v) is 3.34. The first kappa shape index (κ1) is 19.2. The third-order valence-electron chi connectivity index (χ3n) is 3.32. The number of methoxy groups -OCH3 is 1. The topological polar surface area (TPSA) is 75.7 Å². The smallest absolute Gasteiger partial charge is 0.246 e. The Morgan fingerprint density at radius 1 is 1.24 bits per heavy atom. The second-order valence-corrected chi connectivity index (χ2v) is 7.56. The van der Waals surface area contributed by atoms with E-state index in [0.29, 0.717) is 11.4 Å². The zero-order chi connectivity index (χ0) is 18.6. The molecule has 0 aliphatic rings. The van der Waals surface area contributed by atoms with Crippen LogP contribution in [0.1, 0.15) is 0 Å². The molecule has 0 unspecified atom stereocenters. The number of carbonyl (C=O) groups excluding carboxylic acids is 1. The van der Waals surface area contributed by atoms with Gasteiger partial charge in [0.25, 0.3) is 0 Å². The summed E-state index contributed by atoms with van der Waals surface area (Å²) in [7, 11) is -1.46. The molecule has 2 rings (SSSR count). The molecule has 0 bridgehead atoms. The first-order valence-electron chi connectivity index (χ1n) is 7.09. The number of carbonyl (C=O) groups is 1. The van der Waals surface area contributed by atoms with Gasteiger partial charge in [-0.1, -0.05) is 11.6 Å². The number of nitrogens with one attached hydrogen (secondary N) is 1. The molecule has 2 aromatic rings. The molecule has 0 spiro atoms. The van der Waals surface area contributed by atoms with Crippen LogP contribution in [-0.2, 0) is 14.8 Å². The first-order chi connectivity index (χ1) is 11.7. The fourth-order valence-electron chi connectivity index (χ4n) is 2.01. The van der Waals surface area contributed by atoms with E-state index < -0.39 is 33.2 Å². The summed E-state index contributed by atoms with van der Waals surface area (Å²) in [5.74, 6) is -0.920. The second kappa shape index (κ2) is 7.81. The van der Waals surface area contributed by atoms with Gasteiger partial charge in [-0.2, -0.15) is 4.31 Å². The Bertz CT molecular complexity index is 872. The molecule has 2 aromatic carbocycles. The number of amides is 1. The Morgan fingerprint density at radius 3 is 2.44 bits per heavy atom. The van der Waals surface area contributed by atoms with Crippen LogP contribution in [0.3, 0.4) is 0 Å². The monoisotopic (exact) mass is 386 g/mol. The highest BCUT2D eigenvalue weighted by atomic mass is 35.5. The van der Waals surface area contributed by atoms with Crippen molar-refractivity contribution < 1.29 is 22.3 Å². The molecule has 0 fully saturated rings. The van der Waals surface area contributed by atoms with Crippen molar-refractivity contribution in [3.05, 3.63) is 53.3 Å². The average molecular weight is 387 g/mol. The van der Waals surface area contributed by atoms with E-state index >= 15 is 0 Å². The molecular weight excluding hydrogens is 371 g/mol. The molecule has 1 N–H and O–H groups in total. The van der Waals surface area contributed by atoms with Crippen LogP contribution in [0, 0.1) is 5.82 Å². The summed E-state index contributed by atoms with van der Waals surface area (Å²) in [6, 6.07) is 9.76. The van der Waals surface area contributed by atoms with Crippen molar-refractivity contribution in [2.75, 3.05) is 26.0 Å². The molecule has 9 heteroatoms. The first-order valence-corrected chi connectivity index (χ1v) is 8.91. The van der Waals surface area contributed by atoms with Crippen LogP contribution < -0.4 is 10.1 Å². The number of rotatable bonds is 6. The quantitative estimate of drug-likeness (QED) is 0.828. The molecule has 0 aromatic heterocycles. The van der Waals surface area contributed by atoms with Crippen molar-refractivity contribution in [3.8, 4) is 5.75 Å². The summed E-state index contributed by atoms with van der Waals surface area (Å²) >= 11 is 5.62. The van der Waals surface area contributed by atoms with Gasteiger partial charge in [0, 0.05) is 17.8 Å². The van der Waals surface area contributed by atoms with Gasteiger partial charge in [-0.15, -0.1) is 0 Å². The lowest BCUT2D eigenvalue weighted by Gasteiger charge is -2.17. The predicted molar refractivity (Wildman–Crippen MR) is 92.8 cm³/mol. The van der Waals surface area contributed by atoms with Gasteiger partial charge in [0.1, 0.15) is 16.5 Å². The normalized spacial score (nSPS) is 11.4. The van der Waals surface area contributed by atoms with E-state index in [1.54, 1.807) is 24.3 Å². The highest BCUT2D eigenvalue weighted by Crippen LogP contribution is 2.22. The maximum Gasteiger partial charge on any atom is 0.246 e. The summed E-state index contributed by atoms with van der Waals surface area (Å²) in [6.07, 6.45) is 0. The Balaban J connectivity index is 2.08. The predicted octanol–water partition coefficient (Wildman–Crippen LogP) is 2.75. The van der Waals surface area contributed by atoms with Crippen LogP contribution in [0.15, 0.2) is 47.4 Å². The zero-order valence-electron chi connectivity index (χ0n) is 13.5. The zero-order valence-corrected chi connectivity index (χ0v) is 15.1. The maximum atomic E-state index is 13.9. The third-order valence-corrected chi connectivity index (χ3v) is 5.39. The molecule has 0 saturated carbocycles. The minimum Gasteiger partial charge on any atom is -0.497 e. The molecular formula is C16H16ClFN2O4S. The number of hydrogen-bond acceptors (Lipinski definition) is 4. The van der Waals surface area contributed by atoms with E-state index in [4.69, 9.17) is 16.3 Å². The molecule has 25 heavy (non-hydrogen) atoms. The lowest BCUT2D eigenvalue weighted by Crippen LogP contribution is -2.35. The molecule has 1 amide bonds. The summed E-state index contributed by atoms with van der Waals surface area (Å²) in [5, 5.41) is 2.64. The molecule has 0 aliphatic heterocycles. The number of hydrogen-bond donors (Lipinski definition) is 1. The minimum absolute atomic E-state index is 0.0800. The van der Waals surface area contributed by atoms with E-state index in [0.717, 1.165) is 16.4 Å². The van der Waals surface area contributed by atoms with Gasteiger partial charge in [0.05, 0.1) is 13.7 Å². The van der Waals surface area contributed by atoms with Crippen LogP contribution in [0.4, 0.5) is 10.1 Å². The summed E-state index contributed by atoms with van der Waals surface area (Å²) < 4.78 is 44.4. The number of benzene rings is 2. The Kier molecular flexibility index (Phi) is 5.99. The van der Waals surface area contributed by atoms with Gasteiger partial charge in [0.15, 0.2) is 0 Å². The molecule has 134 valence electrons. The van der Waals surface area contributed by atoms with Crippen molar-refractivity contribution in [2.45, 2.75) is 4.90 Å². The van der Waals surface area contributed by atoms with Crippen molar-refractivity contribution in [2.24, 2.45) is 0 Å². The average Bonchev–Trinajstić information content (AvgIpc) is 2.55. The lowest BCUT2D eigenvalue weighted by molar-refractivity contribution is -0.116. The van der Waals surface area contributed by atoms with Gasteiger partial charge in [-0.25, -0.2) is 12.8 Å². The number of anilines is 1. The van der Waals surface area contributed by atoms with Crippen LogP contribution in [0.25, 0.3) is 0 Å². The minimum atomic E-state index is -4.17. The lowest BCUT2D eigenvalue weighted by atomic mass is 10.3. The van der Waals surface area contributed by atoms with Gasteiger partial charge in [-0.05, 0) is 42.5 Å². The van der Waals surface area contributed by atoms with E-state index in [2.05, 4.69) is 5.32 Å². The number of halogens is 2. The summed E-state index contributed by atoms with van der Waals surface area (Å²) in [4.78, 5) is 11.5. The van der Waals surface area contributed by atoms with Crippen LogP contribution >= 0.6 is 11.6 Å². The van der Waals surface area contributed by atoms with E-state index in [9.17, 15) is 17.6 Å². The fraction of sp³-hybridized carbons (Fsp3) is 0.188. The largest absolute Gasteiger partial charge is 0.497 e. The highest BCUT2D eigenvalue weighted by molar-refractivity contribution is 7.89. The number of ether oxygens (including phenoxy) is 1. The molecule has 0 aliphatic carbocycles. The SMILES string of the molecule is COc1ccc(NC(=O)CN(C)S(=O)(=O)c2ccc(Cl)cc2F)cc1. The number of nitrogens with zero attached hydrogens (tertiary/aromatic N) is 1. The third kappa shape index (κ3) is 4.68.